The van der Waals surface area contributed by atoms with Crippen LogP contribution in [0.5, 0.6) is 11.5 Å². The van der Waals surface area contributed by atoms with Crippen molar-refractivity contribution in [1.82, 2.24) is 15.2 Å². The van der Waals surface area contributed by atoms with E-state index in [4.69, 9.17) is 4.74 Å². The largest absolute Gasteiger partial charge is 0.457 e. The maximum absolute atomic E-state index is 13.0. The molecule has 4 rings (SSSR count). The van der Waals surface area contributed by atoms with Crippen LogP contribution in [0, 0.1) is 17.1 Å². The summed E-state index contributed by atoms with van der Waals surface area (Å²) in [7, 11) is 0. The van der Waals surface area contributed by atoms with E-state index in [1.54, 1.807) is 12.1 Å². The van der Waals surface area contributed by atoms with Gasteiger partial charge in [-0.05, 0) is 85.5 Å². The van der Waals surface area contributed by atoms with Crippen molar-refractivity contribution in [3.8, 4) is 28.8 Å². The molecule has 0 radical (unpaired) electrons. The van der Waals surface area contributed by atoms with Crippen LogP contribution < -0.4 is 10.1 Å². The van der Waals surface area contributed by atoms with Gasteiger partial charge in [0.25, 0.3) is 0 Å². The van der Waals surface area contributed by atoms with Crippen molar-refractivity contribution in [2.24, 2.45) is 0 Å². The number of aryl methyl sites for hydroxylation is 1. The predicted molar refractivity (Wildman–Crippen MR) is 119 cm³/mol. The van der Waals surface area contributed by atoms with Gasteiger partial charge in [-0.1, -0.05) is 0 Å². The first-order chi connectivity index (χ1) is 15.6. The van der Waals surface area contributed by atoms with Gasteiger partial charge in [0.15, 0.2) is 0 Å². The van der Waals surface area contributed by atoms with E-state index >= 15 is 0 Å². The van der Waals surface area contributed by atoms with E-state index in [1.807, 2.05) is 41.3 Å². The fourth-order valence-electron chi connectivity index (χ4n) is 3.63. The Morgan fingerprint density at radius 1 is 1.06 bits per heavy atom. The summed E-state index contributed by atoms with van der Waals surface area (Å²) in [6, 6.07) is 19.2. The number of aromatic nitrogens is 1. The van der Waals surface area contributed by atoms with Crippen LogP contribution in [0.2, 0.25) is 0 Å². The van der Waals surface area contributed by atoms with Crippen molar-refractivity contribution in [3.63, 3.8) is 0 Å². The van der Waals surface area contributed by atoms with Crippen LogP contribution >= 0.6 is 0 Å². The van der Waals surface area contributed by atoms with Crippen molar-refractivity contribution in [3.05, 3.63) is 77.7 Å². The van der Waals surface area contributed by atoms with Crippen LogP contribution in [0.25, 0.3) is 11.3 Å². The first kappa shape index (κ1) is 21.3. The lowest BCUT2D eigenvalue weighted by atomic mass is 10.0. The highest BCUT2D eigenvalue weighted by molar-refractivity contribution is 5.76. The van der Waals surface area contributed by atoms with Gasteiger partial charge >= 0.3 is 6.03 Å². The smallest absolute Gasteiger partial charge is 0.317 e. The normalized spacial score (nSPS) is 13.0. The second-order valence-corrected chi connectivity index (χ2v) is 7.61. The third kappa shape index (κ3) is 5.41. The molecule has 0 atom stereocenters. The minimum atomic E-state index is -0.312. The van der Waals surface area contributed by atoms with Crippen molar-refractivity contribution >= 4 is 6.03 Å². The summed E-state index contributed by atoms with van der Waals surface area (Å²) in [6.07, 6.45) is 2.64. The fourth-order valence-corrected chi connectivity index (χ4v) is 3.63. The van der Waals surface area contributed by atoms with Crippen LogP contribution in [0.1, 0.15) is 24.1 Å². The second kappa shape index (κ2) is 9.92. The molecule has 2 amide bonds. The van der Waals surface area contributed by atoms with E-state index in [9.17, 15) is 14.4 Å². The van der Waals surface area contributed by atoms with E-state index in [1.165, 1.54) is 12.1 Å². The Hall–Kier alpha value is -3.92. The molecule has 2 heterocycles. The van der Waals surface area contributed by atoms with Gasteiger partial charge in [-0.2, -0.15) is 5.26 Å². The number of rotatable bonds is 8. The Kier molecular flexibility index (Phi) is 6.61. The number of unbranched alkanes of at least 4 members (excludes halogenated alkanes) is 1. The Bertz CT molecular complexity index is 1120. The number of amides is 2. The highest BCUT2D eigenvalue weighted by Gasteiger charge is 2.18. The van der Waals surface area contributed by atoms with Gasteiger partial charge in [-0.25, -0.2) is 14.2 Å². The van der Waals surface area contributed by atoms with Crippen LogP contribution in [0.15, 0.2) is 60.7 Å². The van der Waals surface area contributed by atoms with Gasteiger partial charge in [0, 0.05) is 25.2 Å². The number of carbonyl (C=O) groups excluding carboxylic acids is 1. The number of urea groups is 1. The number of hydrogen-bond acceptors (Lipinski definition) is 4. The Morgan fingerprint density at radius 2 is 1.78 bits per heavy atom. The minimum absolute atomic E-state index is 0.00909. The number of benzene rings is 2. The third-order valence-electron chi connectivity index (χ3n) is 5.29. The quantitative estimate of drug-likeness (QED) is 0.516. The van der Waals surface area contributed by atoms with E-state index < -0.39 is 0 Å². The molecule has 1 saturated heterocycles. The van der Waals surface area contributed by atoms with Crippen molar-refractivity contribution in [2.45, 2.75) is 19.3 Å². The molecule has 32 heavy (non-hydrogen) atoms. The molecule has 0 bridgehead atoms. The second-order valence-electron chi connectivity index (χ2n) is 7.61. The summed E-state index contributed by atoms with van der Waals surface area (Å²) in [5, 5.41) is 12.2. The van der Waals surface area contributed by atoms with Gasteiger partial charge in [0.1, 0.15) is 29.1 Å². The summed E-state index contributed by atoms with van der Waals surface area (Å²) in [6.45, 7) is 2.22. The summed E-state index contributed by atoms with van der Waals surface area (Å²) in [4.78, 5) is 17.9. The van der Waals surface area contributed by atoms with E-state index in [2.05, 4.69) is 16.4 Å². The average molecular weight is 430 g/mol. The van der Waals surface area contributed by atoms with Gasteiger partial charge in [0.05, 0.1) is 5.69 Å². The summed E-state index contributed by atoms with van der Waals surface area (Å²) in [5.74, 6) is 0.869. The predicted octanol–water partition coefficient (Wildman–Crippen LogP) is 4.90. The first-order valence-corrected chi connectivity index (χ1v) is 10.6. The molecule has 7 heteroatoms. The zero-order valence-electron chi connectivity index (χ0n) is 17.6. The summed E-state index contributed by atoms with van der Waals surface area (Å²) >= 11 is 0. The molecule has 1 aliphatic rings. The Labute approximate surface area is 186 Å². The third-order valence-corrected chi connectivity index (χ3v) is 5.29. The summed E-state index contributed by atoms with van der Waals surface area (Å²) < 4.78 is 18.8. The number of halogens is 1. The number of hydrogen-bond donors (Lipinski definition) is 1. The molecule has 1 N–H and O–H groups in total. The topological polar surface area (TPSA) is 78.2 Å². The van der Waals surface area contributed by atoms with Crippen molar-refractivity contribution < 1.29 is 13.9 Å². The molecule has 1 aromatic heterocycles. The first-order valence-electron chi connectivity index (χ1n) is 10.6. The molecule has 162 valence electrons. The number of nitrogens with zero attached hydrogens (tertiary/aromatic N) is 3. The molecular formula is C25H23FN4O2. The minimum Gasteiger partial charge on any atom is -0.457 e. The standard InChI is InChI=1S/C25H23FN4O2/c26-20-6-10-23(11-7-20)32-22-8-4-19(5-9-22)24-16-18(15-21(17-27)29-24)3-1-2-13-30-14-12-28-25(30)31/h4-11,15-16H,1-3,12-14H2,(H,28,31). The SMILES string of the molecule is N#Cc1cc(CCCCN2CCNC2=O)cc(-c2ccc(Oc3ccc(F)cc3)cc2)n1. The van der Waals surface area contributed by atoms with Gasteiger partial charge < -0.3 is 15.0 Å². The van der Waals surface area contributed by atoms with Gasteiger partial charge in [-0.3, -0.25) is 0 Å². The monoisotopic (exact) mass is 430 g/mol. The van der Waals surface area contributed by atoms with Crippen LogP contribution in [0.3, 0.4) is 0 Å². The number of ether oxygens (including phenoxy) is 1. The maximum atomic E-state index is 13.0. The lowest BCUT2D eigenvalue weighted by molar-refractivity contribution is 0.216. The highest BCUT2D eigenvalue weighted by atomic mass is 19.1. The zero-order chi connectivity index (χ0) is 22.3. The van der Waals surface area contributed by atoms with E-state index in [0.717, 1.165) is 49.2 Å². The van der Waals surface area contributed by atoms with Crippen molar-refractivity contribution in [2.75, 3.05) is 19.6 Å². The average Bonchev–Trinajstić information content (AvgIpc) is 3.23. The van der Waals surface area contributed by atoms with E-state index in [0.29, 0.717) is 23.7 Å². The van der Waals surface area contributed by atoms with E-state index in [-0.39, 0.29) is 11.8 Å². The zero-order valence-corrected chi connectivity index (χ0v) is 17.6. The number of pyridine rings is 1. The Balaban J connectivity index is 1.40. The molecule has 1 aliphatic heterocycles. The number of carbonyl (C=O) groups is 1. The van der Waals surface area contributed by atoms with Gasteiger partial charge in [0.2, 0.25) is 0 Å². The summed E-state index contributed by atoms with van der Waals surface area (Å²) in [5.41, 5.74) is 3.03. The Morgan fingerprint density at radius 3 is 2.44 bits per heavy atom. The molecule has 0 unspecified atom stereocenters. The lowest BCUT2D eigenvalue weighted by Gasteiger charge is -2.13. The van der Waals surface area contributed by atoms with Crippen LogP contribution in [0.4, 0.5) is 9.18 Å². The lowest BCUT2D eigenvalue weighted by Crippen LogP contribution is -2.28. The molecule has 0 saturated carbocycles. The molecule has 6 nitrogen and oxygen atoms in total. The molecule has 2 aromatic carbocycles. The molecule has 3 aromatic rings. The maximum Gasteiger partial charge on any atom is 0.317 e. The molecule has 0 spiro atoms. The fraction of sp³-hybridized carbons (Fsp3) is 0.240. The highest BCUT2D eigenvalue weighted by Crippen LogP contribution is 2.26. The van der Waals surface area contributed by atoms with Gasteiger partial charge in [-0.15, -0.1) is 0 Å². The molecule has 1 fully saturated rings. The molecular weight excluding hydrogens is 407 g/mol. The van der Waals surface area contributed by atoms with Crippen LogP contribution in [-0.4, -0.2) is 35.5 Å². The van der Waals surface area contributed by atoms with Crippen molar-refractivity contribution in [1.29, 1.82) is 5.26 Å². The van der Waals surface area contributed by atoms with Crippen LogP contribution in [-0.2, 0) is 6.42 Å². The number of nitriles is 1. The molecule has 0 aliphatic carbocycles. The number of nitrogens with one attached hydrogen (secondary N) is 1.